The molecular weight excluding hydrogens is 194 g/mol. The van der Waals surface area contributed by atoms with Gasteiger partial charge in [-0.1, -0.05) is 0 Å². The minimum atomic E-state index is -0.611. The number of carbonyl (C=O) groups is 1. The summed E-state index contributed by atoms with van der Waals surface area (Å²) in [5.74, 6) is 0.256. The summed E-state index contributed by atoms with van der Waals surface area (Å²) in [7, 11) is 0. The maximum Gasteiger partial charge on any atom is 0.308 e. The highest BCUT2D eigenvalue weighted by atomic mass is 16.5. The van der Waals surface area contributed by atoms with Crippen LogP contribution in [0.2, 0.25) is 0 Å². The van der Waals surface area contributed by atoms with Crippen LogP contribution < -0.4 is 5.32 Å². The smallest absolute Gasteiger partial charge is 0.308 e. The number of aliphatic carboxylic acids is 1. The Morgan fingerprint density at radius 1 is 1.27 bits per heavy atom. The Kier molecular flexibility index (Phi) is 2.21. The number of fused-ring (bicyclic) bond motifs is 2. The third-order valence-electron chi connectivity index (χ3n) is 4.27. The lowest BCUT2D eigenvalue weighted by Crippen LogP contribution is -2.55. The molecule has 4 unspecified atom stereocenters. The van der Waals surface area contributed by atoms with Crippen LogP contribution in [0.5, 0.6) is 0 Å². The fraction of sp³-hybridized carbons (Fsp3) is 0.909. The summed E-state index contributed by atoms with van der Waals surface area (Å²) < 4.78 is 5.11. The van der Waals surface area contributed by atoms with Gasteiger partial charge in [0.15, 0.2) is 0 Å². The molecule has 4 nitrogen and oxygen atoms in total. The minimum Gasteiger partial charge on any atom is -0.481 e. The van der Waals surface area contributed by atoms with Gasteiger partial charge in [0.05, 0.1) is 25.2 Å². The molecule has 0 radical (unpaired) electrons. The van der Waals surface area contributed by atoms with E-state index in [1.807, 2.05) is 0 Å². The Balaban J connectivity index is 1.71. The maximum atomic E-state index is 11.2. The van der Waals surface area contributed by atoms with Crippen LogP contribution in [0.1, 0.15) is 19.3 Å². The molecule has 1 heterocycles. The standard InChI is InChI=1S/C11H17NO3/c13-11(14)9-6-1-2-7(3-6)10(9)12-8-4-15-5-8/h6-10,12H,1-5H2,(H,13,14). The van der Waals surface area contributed by atoms with E-state index in [9.17, 15) is 9.90 Å². The first-order chi connectivity index (χ1) is 7.25. The van der Waals surface area contributed by atoms with Crippen LogP contribution in [-0.2, 0) is 9.53 Å². The number of nitrogens with one attached hydrogen (secondary N) is 1. The zero-order valence-corrected chi connectivity index (χ0v) is 8.69. The highest BCUT2D eigenvalue weighted by molar-refractivity contribution is 5.72. The Bertz CT molecular complexity index is 277. The van der Waals surface area contributed by atoms with Crippen molar-refractivity contribution in [2.24, 2.45) is 17.8 Å². The molecule has 2 aliphatic carbocycles. The van der Waals surface area contributed by atoms with Crippen molar-refractivity contribution in [3.05, 3.63) is 0 Å². The number of rotatable bonds is 3. The van der Waals surface area contributed by atoms with Gasteiger partial charge in [-0.2, -0.15) is 0 Å². The number of hydrogen-bond donors (Lipinski definition) is 2. The van der Waals surface area contributed by atoms with E-state index in [-0.39, 0.29) is 12.0 Å². The van der Waals surface area contributed by atoms with Gasteiger partial charge in [-0.25, -0.2) is 0 Å². The average molecular weight is 211 g/mol. The zero-order valence-electron chi connectivity index (χ0n) is 8.69. The lowest BCUT2D eigenvalue weighted by Gasteiger charge is -2.36. The molecule has 2 N–H and O–H groups in total. The molecule has 3 fully saturated rings. The van der Waals surface area contributed by atoms with Crippen LogP contribution in [0.3, 0.4) is 0 Å². The van der Waals surface area contributed by atoms with E-state index in [4.69, 9.17) is 4.74 Å². The SMILES string of the molecule is O=C(O)C1C2CCC(C2)C1NC1COC1. The Hall–Kier alpha value is -0.610. The van der Waals surface area contributed by atoms with Crippen LogP contribution in [0.15, 0.2) is 0 Å². The second-order valence-corrected chi connectivity index (χ2v) is 5.12. The lowest BCUT2D eigenvalue weighted by molar-refractivity contribution is -0.145. The molecule has 84 valence electrons. The van der Waals surface area contributed by atoms with Gasteiger partial charge in [0.25, 0.3) is 0 Å². The Labute approximate surface area is 89.0 Å². The van der Waals surface area contributed by atoms with E-state index < -0.39 is 5.97 Å². The average Bonchev–Trinajstić information content (AvgIpc) is 2.69. The van der Waals surface area contributed by atoms with Crippen LogP contribution in [-0.4, -0.2) is 36.4 Å². The zero-order chi connectivity index (χ0) is 10.4. The van der Waals surface area contributed by atoms with E-state index in [1.54, 1.807) is 0 Å². The second kappa shape index (κ2) is 3.46. The maximum absolute atomic E-state index is 11.2. The molecule has 3 rings (SSSR count). The summed E-state index contributed by atoms with van der Waals surface area (Å²) in [6, 6.07) is 0.603. The van der Waals surface area contributed by atoms with Gasteiger partial charge in [-0.15, -0.1) is 0 Å². The highest BCUT2D eigenvalue weighted by Crippen LogP contribution is 2.48. The molecule has 2 bridgehead atoms. The van der Waals surface area contributed by atoms with Crippen molar-refractivity contribution < 1.29 is 14.6 Å². The third-order valence-corrected chi connectivity index (χ3v) is 4.27. The quantitative estimate of drug-likeness (QED) is 0.712. The van der Waals surface area contributed by atoms with Crippen molar-refractivity contribution >= 4 is 5.97 Å². The topological polar surface area (TPSA) is 58.6 Å². The van der Waals surface area contributed by atoms with Gasteiger partial charge < -0.3 is 15.2 Å². The van der Waals surface area contributed by atoms with Crippen molar-refractivity contribution in [2.75, 3.05) is 13.2 Å². The van der Waals surface area contributed by atoms with Crippen molar-refractivity contribution in [2.45, 2.75) is 31.3 Å². The largest absolute Gasteiger partial charge is 0.481 e. The van der Waals surface area contributed by atoms with E-state index in [0.29, 0.717) is 17.9 Å². The van der Waals surface area contributed by atoms with Crippen molar-refractivity contribution in [3.63, 3.8) is 0 Å². The summed E-state index contributed by atoms with van der Waals surface area (Å²) in [5, 5.41) is 12.7. The Morgan fingerprint density at radius 3 is 2.60 bits per heavy atom. The van der Waals surface area contributed by atoms with Gasteiger partial charge in [0.2, 0.25) is 0 Å². The van der Waals surface area contributed by atoms with Gasteiger partial charge in [-0.05, 0) is 31.1 Å². The predicted octanol–water partition coefficient (Wildman–Crippen LogP) is 0.474. The van der Waals surface area contributed by atoms with Gasteiger partial charge in [0.1, 0.15) is 0 Å². The summed E-state index contributed by atoms with van der Waals surface area (Å²) in [5.41, 5.74) is 0. The van der Waals surface area contributed by atoms with Crippen molar-refractivity contribution in [3.8, 4) is 0 Å². The van der Waals surface area contributed by atoms with Crippen LogP contribution in [0, 0.1) is 17.8 Å². The first-order valence-electron chi connectivity index (χ1n) is 5.82. The molecule has 4 heteroatoms. The molecule has 3 aliphatic rings. The molecule has 0 amide bonds. The molecule has 2 saturated carbocycles. The first-order valence-corrected chi connectivity index (χ1v) is 5.82. The molecule has 15 heavy (non-hydrogen) atoms. The van der Waals surface area contributed by atoms with Crippen LogP contribution >= 0.6 is 0 Å². The normalized spacial score (nSPS) is 44.3. The summed E-state index contributed by atoms with van der Waals surface area (Å²) in [4.78, 5) is 11.2. The molecule has 1 aliphatic heterocycles. The number of carboxylic acid groups (broad SMARTS) is 1. The monoisotopic (exact) mass is 211 g/mol. The van der Waals surface area contributed by atoms with Gasteiger partial charge >= 0.3 is 5.97 Å². The Morgan fingerprint density at radius 2 is 2.00 bits per heavy atom. The van der Waals surface area contributed by atoms with Crippen LogP contribution in [0.4, 0.5) is 0 Å². The van der Waals surface area contributed by atoms with Crippen molar-refractivity contribution in [1.82, 2.24) is 5.32 Å². The summed E-state index contributed by atoms with van der Waals surface area (Å²) in [6.07, 6.45) is 3.43. The van der Waals surface area contributed by atoms with E-state index in [2.05, 4.69) is 5.32 Å². The minimum absolute atomic E-state index is 0.149. The predicted molar refractivity (Wildman–Crippen MR) is 53.5 cm³/mol. The number of ether oxygens (including phenoxy) is 1. The molecule has 0 aromatic carbocycles. The molecular formula is C11H17NO3. The van der Waals surface area contributed by atoms with Crippen molar-refractivity contribution in [1.29, 1.82) is 0 Å². The molecule has 0 aromatic rings. The summed E-state index contributed by atoms with van der Waals surface area (Å²) >= 11 is 0. The van der Waals surface area contributed by atoms with Gasteiger partial charge in [-0.3, -0.25) is 4.79 Å². The highest BCUT2D eigenvalue weighted by Gasteiger charge is 2.51. The fourth-order valence-electron chi connectivity index (χ4n) is 3.49. The van der Waals surface area contributed by atoms with E-state index in [0.717, 1.165) is 26.1 Å². The summed E-state index contributed by atoms with van der Waals surface area (Å²) in [6.45, 7) is 1.50. The fourth-order valence-corrected chi connectivity index (χ4v) is 3.49. The second-order valence-electron chi connectivity index (χ2n) is 5.12. The number of hydrogen-bond acceptors (Lipinski definition) is 3. The van der Waals surface area contributed by atoms with Crippen LogP contribution in [0.25, 0.3) is 0 Å². The number of carboxylic acids is 1. The molecule has 0 spiro atoms. The lowest BCUT2D eigenvalue weighted by atomic mass is 9.84. The van der Waals surface area contributed by atoms with E-state index >= 15 is 0 Å². The molecule has 1 saturated heterocycles. The van der Waals surface area contributed by atoms with Gasteiger partial charge in [0, 0.05) is 6.04 Å². The molecule has 0 aromatic heterocycles. The first kappa shape index (κ1) is 9.60. The molecule has 4 atom stereocenters. The van der Waals surface area contributed by atoms with E-state index in [1.165, 1.54) is 6.42 Å². The third kappa shape index (κ3) is 1.47.